The zero-order valence-corrected chi connectivity index (χ0v) is 10.2. The summed E-state index contributed by atoms with van der Waals surface area (Å²) in [6.45, 7) is 1.87. The number of amides is 1. The molecule has 0 bridgehead atoms. The number of carbonyl (C=O) groups is 1. The third kappa shape index (κ3) is 2.81. The lowest BCUT2D eigenvalue weighted by Gasteiger charge is -2.14. The van der Waals surface area contributed by atoms with E-state index in [0.717, 1.165) is 36.0 Å². The van der Waals surface area contributed by atoms with Gasteiger partial charge in [0.05, 0.1) is 6.42 Å². The number of carbonyl (C=O) groups excluding carboxylic acids is 1. The summed E-state index contributed by atoms with van der Waals surface area (Å²) in [4.78, 5) is 13.8. The molecule has 0 saturated carbocycles. The van der Waals surface area contributed by atoms with Gasteiger partial charge in [0.15, 0.2) is 0 Å². The Kier molecular flexibility index (Phi) is 3.41. The Hall–Kier alpha value is -0.830. The van der Waals surface area contributed by atoms with Crippen molar-refractivity contribution in [1.29, 1.82) is 0 Å². The van der Waals surface area contributed by atoms with Crippen molar-refractivity contribution in [2.24, 2.45) is 0 Å². The Morgan fingerprint density at radius 1 is 1.33 bits per heavy atom. The summed E-state index contributed by atoms with van der Waals surface area (Å²) in [5, 5.41) is 0. The van der Waals surface area contributed by atoms with Crippen molar-refractivity contribution in [1.82, 2.24) is 4.90 Å². The van der Waals surface area contributed by atoms with Crippen LogP contribution in [0.25, 0.3) is 0 Å². The molecule has 15 heavy (non-hydrogen) atoms. The van der Waals surface area contributed by atoms with Gasteiger partial charge < -0.3 is 4.90 Å². The molecule has 0 spiro atoms. The largest absolute Gasteiger partial charge is 0.342 e. The van der Waals surface area contributed by atoms with E-state index in [9.17, 15) is 4.79 Å². The van der Waals surface area contributed by atoms with Crippen molar-refractivity contribution in [2.75, 3.05) is 13.1 Å². The molecule has 0 aromatic heterocycles. The van der Waals surface area contributed by atoms with E-state index in [1.54, 1.807) is 0 Å². The van der Waals surface area contributed by atoms with Gasteiger partial charge in [0.25, 0.3) is 0 Å². The quantitative estimate of drug-likeness (QED) is 0.807. The second-order valence-corrected chi connectivity index (χ2v) is 4.81. The highest BCUT2D eigenvalue weighted by molar-refractivity contribution is 9.10. The van der Waals surface area contributed by atoms with Crippen molar-refractivity contribution in [3.63, 3.8) is 0 Å². The van der Waals surface area contributed by atoms with Crippen LogP contribution in [0.3, 0.4) is 0 Å². The van der Waals surface area contributed by atoms with Crippen LogP contribution >= 0.6 is 15.9 Å². The summed E-state index contributed by atoms with van der Waals surface area (Å²) in [7, 11) is 0. The fourth-order valence-electron chi connectivity index (χ4n) is 1.90. The van der Waals surface area contributed by atoms with Gasteiger partial charge >= 0.3 is 0 Å². The summed E-state index contributed by atoms with van der Waals surface area (Å²) in [6, 6.07) is 7.95. The minimum Gasteiger partial charge on any atom is -0.342 e. The van der Waals surface area contributed by atoms with Crippen LogP contribution in [-0.2, 0) is 11.2 Å². The second kappa shape index (κ2) is 4.79. The van der Waals surface area contributed by atoms with Crippen LogP contribution in [0.5, 0.6) is 0 Å². The third-order valence-electron chi connectivity index (χ3n) is 2.70. The van der Waals surface area contributed by atoms with Crippen LogP contribution in [0, 0.1) is 0 Å². The van der Waals surface area contributed by atoms with Crippen LogP contribution in [0.15, 0.2) is 28.7 Å². The molecule has 1 aromatic rings. The van der Waals surface area contributed by atoms with Crippen LogP contribution in [0.1, 0.15) is 18.4 Å². The van der Waals surface area contributed by atoms with E-state index in [-0.39, 0.29) is 5.91 Å². The first kappa shape index (κ1) is 10.7. The van der Waals surface area contributed by atoms with E-state index in [1.807, 2.05) is 29.2 Å². The van der Waals surface area contributed by atoms with E-state index in [1.165, 1.54) is 0 Å². The van der Waals surface area contributed by atoms with Crippen LogP contribution in [0.2, 0.25) is 0 Å². The van der Waals surface area contributed by atoms with Gasteiger partial charge in [0, 0.05) is 17.6 Å². The van der Waals surface area contributed by atoms with Gasteiger partial charge in [-0.25, -0.2) is 0 Å². The zero-order valence-electron chi connectivity index (χ0n) is 8.58. The van der Waals surface area contributed by atoms with Crippen molar-refractivity contribution in [2.45, 2.75) is 19.3 Å². The van der Waals surface area contributed by atoms with Crippen LogP contribution in [-0.4, -0.2) is 23.9 Å². The highest BCUT2D eigenvalue weighted by Gasteiger charge is 2.17. The maximum atomic E-state index is 11.8. The SMILES string of the molecule is O=C(Cc1cccc(Br)c1)N1CCCC1. The van der Waals surface area contributed by atoms with Gasteiger partial charge in [0.2, 0.25) is 5.91 Å². The highest BCUT2D eigenvalue weighted by atomic mass is 79.9. The maximum absolute atomic E-state index is 11.8. The van der Waals surface area contributed by atoms with Gasteiger partial charge in [-0.1, -0.05) is 28.1 Å². The molecule has 0 N–H and O–H groups in total. The molecule has 1 aliphatic heterocycles. The molecule has 3 heteroatoms. The minimum absolute atomic E-state index is 0.255. The summed E-state index contributed by atoms with van der Waals surface area (Å²) in [5.74, 6) is 0.255. The molecule has 2 rings (SSSR count). The number of benzene rings is 1. The molecular formula is C12H14BrNO. The fourth-order valence-corrected chi connectivity index (χ4v) is 2.35. The molecule has 2 nitrogen and oxygen atoms in total. The fraction of sp³-hybridized carbons (Fsp3) is 0.417. The lowest BCUT2D eigenvalue weighted by atomic mass is 10.1. The van der Waals surface area contributed by atoms with Gasteiger partial charge in [0.1, 0.15) is 0 Å². The van der Waals surface area contributed by atoms with Crippen molar-refractivity contribution in [3.8, 4) is 0 Å². The zero-order chi connectivity index (χ0) is 10.7. The predicted molar refractivity (Wildman–Crippen MR) is 63.7 cm³/mol. The molecule has 0 aliphatic carbocycles. The molecule has 1 amide bonds. The Bertz CT molecular complexity index is 358. The monoisotopic (exact) mass is 267 g/mol. The minimum atomic E-state index is 0.255. The van der Waals surface area contributed by atoms with E-state index >= 15 is 0 Å². The lowest BCUT2D eigenvalue weighted by Crippen LogP contribution is -2.29. The number of likely N-dealkylation sites (tertiary alicyclic amines) is 1. The first-order chi connectivity index (χ1) is 7.25. The Morgan fingerprint density at radius 3 is 2.73 bits per heavy atom. The Morgan fingerprint density at radius 2 is 2.07 bits per heavy atom. The van der Waals surface area contributed by atoms with E-state index < -0.39 is 0 Å². The Balaban J connectivity index is 1.99. The number of nitrogens with zero attached hydrogens (tertiary/aromatic N) is 1. The molecule has 80 valence electrons. The van der Waals surface area contributed by atoms with E-state index in [0.29, 0.717) is 6.42 Å². The molecule has 1 fully saturated rings. The van der Waals surface area contributed by atoms with E-state index in [4.69, 9.17) is 0 Å². The summed E-state index contributed by atoms with van der Waals surface area (Å²) >= 11 is 3.41. The topological polar surface area (TPSA) is 20.3 Å². The van der Waals surface area contributed by atoms with E-state index in [2.05, 4.69) is 15.9 Å². The molecule has 1 saturated heterocycles. The van der Waals surface area contributed by atoms with Crippen LogP contribution in [0.4, 0.5) is 0 Å². The molecule has 1 heterocycles. The summed E-state index contributed by atoms with van der Waals surface area (Å²) in [5.41, 5.74) is 1.08. The van der Waals surface area contributed by atoms with Gasteiger partial charge in [-0.2, -0.15) is 0 Å². The molecule has 0 atom stereocenters. The Labute approximate surface area is 98.4 Å². The molecule has 0 radical (unpaired) electrons. The molecule has 1 aliphatic rings. The lowest BCUT2D eigenvalue weighted by molar-refractivity contribution is -0.129. The first-order valence-corrected chi connectivity index (χ1v) is 6.07. The van der Waals surface area contributed by atoms with Gasteiger partial charge in [-0.15, -0.1) is 0 Å². The summed E-state index contributed by atoms with van der Waals surface area (Å²) < 4.78 is 1.04. The standard InChI is InChI=1S/C12H14BrNO/c13-11-5-3-4-10(8-11)9-12(15)14-6-1-2-7-14/h3-5,8H,1-2,6-7,9H2. The number of hydrogen-bond acceptors (Lipinski definition) is 1. The number of hydrogen-bond donors (Lipinski definition) is 0. The molecule has 1 aromatic carbocycles. The van der Waals surface area contributed by atoms with Gasteiger partial charge in [-0.05, 0) is 30.5 Å². The number of rotatable bonds is 2. The maximum Gasteiger partial charge on any atom is 0.226 e. The smallest absolute Gasteiger partial charge is 0.226 e. The summed E-state index contributed by atoms with van der Waals surface area (Å²) in [6.07, 6.45) is 2.84. The predicted octanol–water partition coefficient (Wildman–Crippen LogP) is 2.61. The van der Waals surface area contributed by atoms with Crippen LogP contribution < -0.4 is 0 Å². The molecule has 0 unspecified atom stereocenters. The second-order valence-electron chi connectivity index (χ2n) is 3.89. The molecular weight excluding hydrogens is 254 g/mol. The van der Waals surface area contributed by atoms with Crippen molar-refractivity contribution in [3.05, 3.63) is 34.3 Å². The average Bonchev–Trinajstić information content (AvgIpc) is 2.70. The van der Waals surface area contributed by atoms with Crippen molar-refractivity contribution < 1.29 is 4.79 Å². The first-order valence-electron chi connectivity index (χ1n) is 5.28. The highest BCUT2D eigenvalue weighted by Crippen LogP contribution is 2.14. The van der Waals surface area contributed by atoms with Crippen molar-refractivity contribution >= 4 is 21.8 Å². The third-order valence-corrected chi connectivity index (χ3v) is 3.20. The van der Waals surface area contributed by atoms with Gasteiger partial charge in [-0.3, -0.25) is 4.79 Å². The normalized spacial score (nSPS) is 15.7. The average molecular weight is 268 g/mol. The number of halogens is 1.